The Labute approximate surface area is 132 Å². The molecule has 4 nitrogen and oxygen atoms in total. The number of ether oxygens (including phenoxy) is 1. The summed E-state index contributed by atoms with van der Waals surface area (Å²) in [6.07, 6.45) is 1.88. The second kappa shape index (κ2) is 7.82. The second-order valence-electron chi connectivity index (χ2n) is 4.62. The van der Waals surface area contributed by atoms with E-state index in [1.807, 2.05) is 5.38 Å². The van der Waals surface area contributed by atoms with Crippen molar-refractivity contribution in [2.24, 2.45) is 0 Å². The summed E-state index contributed by atoms with van der Waals surface area (Å²) in [6.45, 7) is 5.74. The quantitative estimate of drug-likeness (QED) is 0.622. The molecule has 0 bridgehead atoms. The molecule has 1 atom stereocenters. The number of hydrogen-bond acceptors (Lipinski definition) is 4. The molecule has 116 valence electrons. The van der Waals surface area contributed by atoms with Crippen LogP contribution in [-0.4, -0.2) is 23.6 Å². The van der Waals surface area contributed by atoms with E-state index in [0.717, 1.165) is 5.56 Å². The van der Waals surface area contributed by atoms with Gasteiger partial charge in [-0.3, -0.25) is 10.1 Å². The van der Waals surface area contributed by atoms with Crippen LogP contribution in [0.25, 0.3) is 11.3 Å². The summed E-state index contributed by atoms with van der Waals surface area (Å²) >= 11 is 1.31. The number of carbonyl (C=O) groups excluding carboxylic acids is 1. The third-order valence-corrected chi connectivity index (χ3v) is 3.69. The first-order chi connectivity index (χ1) is 10.6. The summed E-state index contributed by atoms with van der Waals surface area (Å²) in [5, 5.41) is 5.01. The van der Waals surface area contributed by atoms with Crippen molar-refractivity contribution in [3.8, 4) is 11.3 Å². The second-order valence-corrected chi connectivity index (χ2v) is 5.48. The summed E-state index contributed by atoms with van der Waals surface area (Å²) in [6, 6.07) is 6.05. The molecular formula is C16H17FN2O2S. The van der Waals surface area contributed by atoms with Gasteiger partial charge in [0.2, 0.25) is 0 Å². The van der Waals surface area contributed by atoms with Crippen LogP contribution in [0.15, 0.2) is 42.3 Å². The molecule has 22 heavy (non-hydrogen) atoms. The predicted molar refractivity (Wildman–Crippen MR) is 86.4 cm³/mol. The van der Waals surface area contributed by atoms with Crippen LogP contribution < -0.4 is 5.32 Å². The van der Waals surface area contributed by atoms with Gasteiger partial charge in [-0.05, 0) is 37.6 Å². The van der Waals surface area contributed by atoms with Crippen molar-refractivity contribution < 1.29 is 13.9 Å². The number of carbonyl (C=O) groups is 1. The number of nitrogens with one attached hydrogen (secondary N) is 1. The van der Waals surface area contributed by atoms with Crippen LogP contribution in [-0.2, 0) is 9.53 Å². The maximum atomic E-state index is 12.9. The van der Waals surface area contributed by atoms with Gasteiger partial charge in [-0.1, -0.05) is 6.08 Å². The molecular weight excluding hydrogens is 303 g/mol. The van der Waals surface area contributed by atoms with Crippen molar-refractivity contribution in [1.29, 1.82) is 0 Å². The number of amides is 1. The third-order valence-electron chi connectivity index (χ3n) is 2.93. The highest BCUT2D eigenvalue weighted by molar-refractivity contribution is 7.14. The van der Waals surface area contributed by atoms with Gasteiger partial charge < -0.3 is 4.74 Å². The van der Waals surface area contributed by atoms with Crippen LogP contribution >= 0.6 is 11.3 Å². The number of rotatable bonds is 7. The number of anilines is 1. The SMILES string of the molecule is C=CCCOC(C)C(=O)Nc1nc(-c2ccc(F)cc2)cs1. The van der Waals surface area contributed by atoms with Gasteiger partial charge in [0.15, 0.2) is 5.13 Å². The maximum absolute atomic E-state index is 12.9. The zero-order chi connectivity index (χ0) is 15.9. The number of aromatic nitrogens is 1. The molecule has 0 aliphatic carbocycles. The predicted octanol–water partition coefficient (Wildman–Crippen LogP) is 3.87. The largest absolute Gasteiger partial charge is 0.368 e. The average molecular weight is 320 g/mol. The van der Waals surface area contributed by atoms with Gasteiger partial charge in [0.05, 0.1) is 12.3 Å². The number of benzene rings is 1. The minimum Gasteiger partial charge on any atom is -0.368 e. The molecule has 0 aliphatic heterocycles. The zero-order valence-electron chi connectivity index (χ0n) is 12.2. The van der Waals surface area contributed by atoms with E-state index in [1.165, 1.54) is 23.5 Å². The lowest BCUT2D eigenvalue weighted by molar-refractivity contribution is -0.126. The Morgan fingerprint density at radius 3 is 2.91 bits per heavy atom. The fourth-order valence-electron chi connectivity index (χ4n) is 1.70. The van der Waals surface area contributed by atoms with Crippen molar-refractivity contribution >= 4 is 22.4 Å². The van der Waals surface area contributed by atoms with Gasteiger partial charge in [0.25, 0.3) is 5.91 Å². The summed E-state index contributed by atoms with van der Waals surface area (Å²) in [5.74, 6) is -0.540. The molecule has 1 N–H and O–H groups in total. The summed E-state index contributed by atoms with van der Waals surface area (Å²) in [7, 11) is 0. The Morgan fingerprint density at radius 2 is 2.23 bits per heavy atom. The minimum atomic E-state index is -0.557. The molecule has 2 aromatic rings. The van der Waals surface area contributed by atoms with Gasteiger partial charge in [0, 0.05) is 10.9 Å². The molecule has 1 amide bonds. The van der Waals surface area contributed by atoms with Gasteiger partial charge >= 0.3 is 0 Å². The minimum absolute atomic E-state index is 0.246. The maximum Gasteiger partial charge on any atom is 0.254 e. The fourth-order valence-corrected chi connectivity index (χ4v) is 2.42. The average Bonchev–Trinajstić information content (AvgIpc) is 2.96. The monoisotopic (exact) mass is 320 g/mol. The smallest absolute Gasteiger partial charge is 0.254 e. The highest BCUT2D eigenvalue weighted by Gasteiger charge is 2.15. The molecule has 1 heterocycles. The van der Waals surface area contributed by atoms with E-state index in [2.05, 4.69) is 16.9 Å². The highest BCUT2D eigenvalue weighted by atomic mass is 32.1. The fraction of sp³-hybridized carbons (Fsp3) is 0.250. The van der Waals surface area contributed by atoms with Crippen LogP contribution in [0.5, 0.6) is 0 Å². The van der Waals surface area contributed by atoms with Gasteiger partial charge in [-0.25, -0.2) is 9.37 Å². The molecule has 2 rings (SSSR count). The summed E-state index contributed by atoms with van der Waals surface area (Å²) in [5.41, 5.74) is 1.49. The normalized spacial score (nSPS) is 11.9. The molecule has 0 saturated carbocycles. The zero-order valence-corrected chi connectivity index (χ0v) is 13.0. The van der Waals surface area contributed by atoms with E-state index in [1.54, 1.807) is 25.1 Å². The van der Waals surface area contributed by atoms with Crippen LogP contribution in [0.3, 0.4) is 0 Å². The van der Waals surface area contributed by atoms with E-state index in [9.17, 15) is 9.18 Å². The first kappa shape index (κ1) is 16.3. The van der Waals surface area contributed by atoms with Crippen LogP contribution in [0, 0.1) is 5.82 Å². The Balaban J connectivity index is 1.95. The molecule has 0 aliphatic rings. The molecule has 1 unspecified atom stereocenters. The first-order valence-corrected chi connectivity index (χ1v) is 7.73. The number of hydrogen-bond donors (Lipinski definition) is 1. The molecule has 6 heteroatoms. The molecule has 0 radical (unpaired) electrons. The molecule has 0 fully saturated rings. The van der Waals surface area contributed by atoms with Crippen molar-refractivity contribution in [2.45, 2.75) is 19.4 Å². The van der Waals surface area contributed by atoms with E-state index < -0.39 is 6.10 Å². The Hall–Kier alpha value is -2.05. The first-order valence-electron chi connectivity index (χ1n) is 6.85. The molecule has 1 aromatic carbocycles. The summed E-state index contributed by atoms with van der Waals surface area (Å²) < 4.78 is 18.3. The summed E-state index contributed by atoms with van der Waals surface area (Å²) in [4.78, 5) is 16.3. The molecule has 0 spiro atoms. The lowest BCUT2D eigenvalue weighted by atomic mass is 10.2. The van der Waals surface area contributed by atoms with Crippen molar-refractivity contribution in [1.82, 2.24) is 4.98 Å². The third kappa shape index (κ3) is 4.47. The topological polar surface area (TPSA) is 51.2 Å². The van der Waals surface area contributed by atoms with Crippen LogP contribution in [0.2, 0.25) is 0 Å². The number of halogens is 1. The standard InChI is InChI=1S/C16H17FN2O2S/c1-3-4-9-21-11(2)15(20)19-16-18-14(10-22-16)12-5-7-13(17)8-6-12/h3,5-8,10-11H,1,4,9H2,2H3,(H,18,19,20). The Morgan fingerprint density at radius 1 is 1.50 bits per heavy atom. The van der Waals surface area contributed by atoms with Crippen molar-refractivity contribution in [3.05, 3.63) is 48.1 Å². The van der Waals surface area contributed by atoms with Gasteiger partial charge in [-0.15, -0.1) is 17.9 Å². The van der Waals surface area contributed by atoms with E-state index in [0.29, 0.717) is 23.9 Å². The van der Waals surface area contributed by atoms with Crippen molar-refractivity contribution in [3.63, 3.8) is 0 Å². The van der Waals surface area contributed by atoms with Crippen molar-refractivity contribution in [2.75, 3.05) is 11.9 Å². The Kier molecular flexibility index (Phi) is 5.80. The number of nitrogens with zero attached hydrogens (tertiary/aromatic N) is 1. The van der Waals surface area contributed by atoms with Crippen LogP contribution in [0.4, 0.5) is 9.52 Å². The van der Waals surface area contributed by atoms with Crippen LogP contribution in [0.1, 0.15) is 13.3 Å². The lowest BCUT2D eigenvalue weighted by Crippen LogP contribution is -2.27. The Bertz CT molecular complexity index is 640. The number of thiazole rings is 1. The van der Waals surface area contributed by atoms with Gasteiger partial charge in [0.1, 0.15) is 11.9 Å². The highest BCUT2D eigenvalue weighted by Crippen LogP contribution is 2.25. The lowest BCUT2D eigenvalue weighted by Gasteiger charge is -2.11. The van der Waals surface area contributed by atoms with E-state index in [-0.39, 0.29) is 11.7 Å². The van der Waals surface area contributed by atoms with Gasteiger partial charge in [-0.2, -0.15) is 0 Å². The van der Waals surface area contributed by atoms with E-state index in [4.69, 9.17) is 4.74 Å². The molecule has 1 aromatic heterocycles. The molecule has 0 saturated heterocycles. The van der Waals surface area contributed by atoms with E-state index >= 15 is 0 Å².